The lowest BCUT2D eigenvalue weighted by molar-refractivity contribution is -0.117. The van der Waals surface area contributed by atoms with Crippen LogP contribution in [0.3, 0.4) is 0 Å². The topological polar surface area (TPSA) is 84.6 Å². The summed E-state index contributed by atoms with van der Waals surface area (Å²) in [6, 6.07) is 4.21. The predicted octanol–water partition coefficient (Wildman–Crippen LogP) is 0.981. The molecule has 0 aliphatic heterocycles. The maximum absolute atomic E-state index is 13.8. The lowest BCUT2D eigenvalue weighted by Crippen LogP contribution is -2.42. The van der Waals surface area contributed by atoms with Crippen LogP contribution in [0, 0.1) is 5.82 Å². The average Bonchev–Trinajstić information content (AvgIpc) is 2.33. The van der Waals surface area contributed by atoms with E-state index in [1.807, 2.05) is 20.8 Å². The number of hydrogen-bond acceptors (Lipinski definition) is 4. The van der Waals surface area contributed by atoms with E-state index in [9.17, 15) is 14.3 Å². The number of amides is 1. The molecule has 1 aromatic carbocycles. The van der Waals surface area contributed by atoms with Crippen molar-refractivity contribution in [3.63, 3.8) is 0 Å². The largest absolute Gasteiger partial charge is 0.488 e. The summed E-state index contributed by atoms with van der Waals surface area (Å²) in [6.45, 7) is 6.28. The Morgan fingerprint density at radius 2 is 2.14 bits per heavy atom. The molecule has 0 aliphatic rings. The normalized spacial score (nSPS) is 13.0. The Morgan fingerprint density at radius 1 is 1.48 bits per heavy atom. The molecule has 0 radical (unpaired) electrons. The Hall–Kier alpha value is -1.66. The number of aliphatic hydroxyl groups excluding tert-OH is 1. The third-order valence-electron chi connectivity index (χ3n) is 2.67. The number of primary amides is 1. The number of nitrogens with two attached hydrogens (primary N) is 1. The summed E-state index contributed by atoms with van der Waals surface area (Å²) in [7, 11) is 0. The molecule has 0 spiro atoms. The van der Waals surface area contributed by atoms with Crippen LogP contribution in [0.1, 0.15) is 26.3 Å². The van der Waals surface area contributed by atoms with Crippen LogP contribution >= 0.6 is 0 Å². The molecule has 0 saturated heterocycles. The molecule has 0 saturated carbocycles. The van der Waals surface area contributed by atoms with E-state index in [4.69, 9.17) is 10.5 Å². The molecule has 1 aromatic rings. The molecule has 6 heteroatoms. The highest BCUT2D eigenvalue weighted by Gasteiger charge is 2.13. The number of benzene rings is 1. The second-order valence-electron chi connectivity index (χ2n) is 6.00. The average molecular weight is 298 g/mol. The molecule has 0 aromatic heterocycles. The van der Waals surface area contributed by atoms with Crippen molar-refractivity contribution in [3.05, 3.63) is 29.6 Å². The lowest BCUT2D eigenvalue weighted by atomic mass is 10.1. The van der Waals surface area contributed by atoms with Gasteiger partial charge in [0.25, 0.3) is 0 Å². The first-order valence-electron chi connectivity index (χ1n) is 6.80. The fourth-order valence-electron chi connectivity index (χ4n) is 1.64. The van der Waals surface area contributed by atoms with Crippen molar-refractivity contribution in [3.8, 4) is 5.75 Å². The molecular weight excluding hydrogens is 275 g/mol. The van der Waals surface area contributed by atoms with E-state index in [2.05, 4.69) is 5.32 Å². The van der Waals surface area contributed by atoms with E-state index in [1.54, 1.807) is 6.07 Å². The number of hydrogen-bond donors (Lipinski definition) is 3. The van der Waals surface area contributed by atoms with Crippen molar-refractivity contribution in [2.75, 3.05) is 13.2 Å². The van der Waals surface area contributed by atoms with Crippen LogP contribution in [0.2, 0.25) is 0 Å². The predicted molar refractivity (Wildman–Crippen MR) is 78.6 cm³/mol. The second-order valence-corrected chi connectivity index (χ2v) is 6.00. The number of rotatable bonds is 7. The highest BCUT2D eigenvalue weighted by Crippen LogP contribution is 2.18. The molecule has 0 fully saturated rings. The Labute approximate surface area is 124 Å². The summed E-state index contributed by atoms with van der Waals surface area (Å²) in [5.41, 5.74) is 5.43. The van der Waals surface area contributed by atoms with Gasteiger partial charge < -0.3 is 20.9 Å². The van der Waals surface area contributed by atoms with Gasteiger partial charge in [-0.3, -0.25) is 4.79 Å². The first-order valence-corrected chi connectivity index (χ1v) is 6.80. The molecule has 0 heterocycles. The summed E-state index contributed by atoms with van der Waals surface area (Å²) in [6.07, 6.45) is -0.760. The van der Waals surface area contributed by atoms with Gasteiger partial charge in [0.05, 0.1) is 6.42 Å². The van der Waals surface area contributed by atoms with E-state index in [0.29, 0.717) is 12.1 Å². The van der Waals surface area contributed by atoms with Gasteiger partial charge in [-0.05, 0) is 38.5 Å². The van der Waals surface area contributed by atoms with Crippen molar-refractivity contribution in [1.29, 1.82) is 0 Å². The van der Waals surface area contributed by atoms with Crippen LogP contribution in [0.15, 0.2) is 18.2 Å². The summed E-state index contributed by atoms with van der Waals surface area (Å²) in [5.74, 6) is -1.06. The first kappa shape index (κ1) is 17.4. The minimum atomic E-state index is -0.742. The SMILES string of the molecule is CC(C)(C)NCC(O)COc1ccc(CC(N)=O)cc1F. The van der Waals surface area contributed by atoms with Gasteiger partial charge in [-0.1, -0.05) is 6.07 Å². The van der Waals surface area contributed by atoms with Gasteiger partial charge in [0.15, 0.2) is 11.6 Å². The van der Waals surface area contributed by atoms with Crippen LogP contribution < -0.4 is 15.8 Å². The molecule has 0 bridgehead atoms. The van der Waals surface area contributed by atoms with Gasteiger partial charge in [-0.25, -0.2) is 4.39 Å². The second kappa shape index (κ2) is 7.38. The number of ether oxygens (including phenoxy) is 1. The fraction of sp³-hybridized carbons (Fsp3) is 0.533. The number of aliphatic hydroxyl groups is 1. The van der Waals surface area contributed by atoms with Crippen molar-refractivity contribution in [2.45, 2.75) is 38.8 Å². The molecular formula is C15H23FN2O3. The lowest BCUT2D eigenvalue weighted by Gasteiger charge is -2.23. The molecule has 1 rings (SSSR count). The van der Waals surface area contributed by atoms with Crippen LogP contribution in [0.5, 0.6) is 5.75 Å². The molecule has 1 amide bonds. The zero-order valence-corrected chi connectivity index (χ0v) is 12.6. The van der Waals surface area contributed by atoms with Crippen LogP contribution in [0.25, 0.3) is 0 Å². The molecule has 5 nitrogen and oxygen atoms in total. The zero-order valence-electron chi connectivity index (χ0n) is 12.6. The van der Waals surface area contributed by atoms with E-state index >= 15 is 0 Å². The van der Waals surface area contributed by atoms with Crippen molar-refractivity contribution in [1.82, 2.24) is 5.32 Å². The van der Waals surface area contributed by atoms with Gasteiger partial charge >= 0.3 is 0 Å². The summed E-state index contributed by atoms with van der Waals surface area (Å²) < 4.78 is 19.0. The maximum atomic E-state index is 13.8. The van der Waals surface area contributed by atoms with Gasteiger partial charge in [0.2, 0.25) is 5.91 Å². The number of halogens is 1. The van der Waals surface area contributed by atoms with E-state index in [-0.39, 0.29) is 24.3 Å². The molecule has 4 N–H and O–H groups in total. The number of nitrogens with one attached hydrogen (secondary N) is 1. The molecule has 1 unspecified atom stereocenters. The van der Waals surface area contributed by atoms with Gasteiger partial charge in [0.1, 0.15) is 12.7 Å². The fourth-order valence-corrected chi connectivity index (χ4v) is 1.64. The minimum absolute atomic E-state index is 0.0185. The third-order valence-corrected chi connectivity index (χ3v) is 2.67. The number of carbonyl (C=O) groups is 1. The van der Waals surface area contributed by atoms with Crippen molar-refractivity contribution in [2.24, 2.45) is 5.73 Å². The maximum Gasteiger partial charge on any atom is 0.221 e. The van der Waals surface area contributed by atoms with E-state index < -0.39 is 17.8 Å². The Bertz CT molecular complexity index is 486. The molecule has 0 aliphatic carbocycles. The highest BCUT2D eigenvalue weighted by molar-refractivity contribution is 5.76. The molecule has 21 heavy (non-hydrogen) atoms. The molecule has 1 atom stereocenters. The zero-order chi connectivity index (χ0) is 16.0. The monoisotopic (exact) mass is 298 g/mol. The Balaban J connectivity index is 2.50. The minimum Gasteiger partial charge on any atom is -0.488 e. The first-order chi connectivity index (χ1) is 9.67. The van der Waals surface area contributed by atoms with Crippen LogP contribution in [-0.2, 0) is 11.2 Å². The summed E-state index contributed by atoms with van der Waals surface area (Å²) in [4.78, 5) is 10.8. The third kappa shape index (κ3) is 7.06. The van der Waals surface area contributed by atoms with Crippen molar-refractivity contribution >= 4 is 5.91 Å². The van der Waals surface area contributed by atoms with E-state index in [1.165, 1.54) is 12.1 Å². The summed E-state index contributed by atoms with van der Waals surface area (Å²) >= 11 is 0. The highest BCUT2D eigenvalue weighted by atomic mass is 19.1. The van der Waals surface area contributed by atoms with Gasteiger partial charge in [-0.15, -0.1) is 0 Å². The van der Waals surface area contributed by atoms with Crippen LogP contribution in [-0.4, -0.2) is 35.8 Å². The number of carbonyl (C=O) groups excluding carboxylic acids is 1. The standard InChI is InChI=1S/C15H23FN2O3/c1-15(2,3)18-8-11(19)9-21-13-5-4-10(6-12(13)16)7-14(17)20/h4-6,11,18-19H,7-9H2,1-3H3,(H2,17,20). The number of β-amino-alcohol motifs (C(OH)–C–C–N with tert-alkyl or cyclic N) is 1. The van der Waals surface area contributed by atoms with Crippen molar-refractivity contribution < 1.29 is 19.0 Å². The quantitative estimate of drug-likeness (QED) is 0.700. The van der Waals surface area contributed by atoms with E-state index in [0.717, 1.165) is 0 Å². The van der Waals surface area contributed by atoms with Gasteiger partial charge in [0, 0.05) is 12.1 Å². The molecule has 118 valence electrons. The van der Waals surface area contributed by atoms with Gasteiger partial charge in [-0.2, -0.15) is 0 Å². The Kier molecular flexibility index (Phi) is 6.11. The summed E-state index contributed by atoms with van der Waals surface area (Å²) in [5, 5.41) is 12.9. The smallest absolute Gasteiger partial charge is 0.221 e. The Morgan fingerprint density at radius 3 is 2.67 bits per heavy atom. The van der Waals surface area contributed by atoms with Crippen LogP contribution in [0.4, 0.5) is 4.39 Å².